The van der Waals surface area contributed by atoms with Crippen molar-refractivity contribution in [2.45, 2.75) is 9.79 Å². The van der Waals surface area contributed by atoms with Gasteiger partial charge in [0.15, 0.2) is 0 Å². The van der Waals surface area contributed by atoms with Gasteiger partial charge in [0.05, 0.1) is 19.6 Å². The second-order valence-electron chi connectivity index (χ2n) is 4.41. The van der Waals surface area contributed by atoms with E-state index in [9.17, 15) is 46.2 Å². The van der Waals surface area contributed by atoms with Crippen molar-refractivity contribution in [2.24, 2.45) is 0 Å². The van der Waals surface area contributed by atoms with Crippen LogP contribution in [0.1, 0.15) is 0 Å². The summed E-state index contributed by atoms with van der Waals surface area (Å²) in [6, 6.07) is 7.47. The first-order valence-corrected chi connectivity index (χ1v) is 9.04. The minimum absolute atomic E-state index is 0. The molecule has 2 aromatic rings. The average Bonchev–Trinajstić information content (AvgIpc) is 2.54. The first-order valence-electron chi connectivity index (χ1n) is 6.23. The standard InChI is InChI=1S/2C6H5NO5S.2Na.6H2O/c2*8-7(9)5-1-3-6(4-2-5)13(10,11)12;;;;;;;;/h2*1-4H,(H,10,11,12);;;6*1H2/q;;2*+1;;;;;;/p-2. The molecule has 0 spiro atoms. The molecule has 0 aliphatic heterocycles. The Bertz CT molecular complexity index is 945. The van der Waals surface area contributed by atoms with E-state index in [1.165, 1.54) is 0 Å². The molecule has 0 saturated carbocycles. The first-order chi connectivity index (χ1) is 11.8. The number of hydrogen-bond acceptors (Lipinski definition) is 10. The van der Waals surface area contributed by atoms with Gasteiger partial charge in [-0.3, -0.25) is 20.2 Å². The zero-order chi connectivity index (χ0) is 20.1. The predicted molar refractivity (Wildman–Crippen MR) is 104 cm³/mol. The van der Waals surface area contributed by atoms with Crippen molar-refractivity contribution in [3.63, 3.8) is 0 Å². The second-order valence-corrected chi connectivity index (χ2v) is 7.17. The van der Waals surface area contributed by atoms with Crippen LogP contribution in [0.2, 0.25) is 0 Å². The molecule has 0 unspecified atom stereocenters. The van der Waals surface area contributed by atoms with Gasteiger partial charge >= 0.3 is 59.1 Å². The third kappa shape index (κ3) is 18.2. The van der Waals surface area contributed by atoms with E-state index in [-0.39, 0.29) is 103 Å². The van der Waals surface area contributed by atoms with Crippen LogP contribution >= 0.6 is 0 Å². The van der Waals surface area contributed by atoms with E-state index in [4.69, 9.17) is 0 Å². The molecule has 0 atom stereocenters. The molecule has 18 nitrogen and oxygen atoms in total. The molecule has 0 aliphatic rings. The van der Waals surface area contributed by atoms with E-state index in [0.717, 1.165) is 48.5 Å². The van der Waals surface area contributed by atoms with Crippen LogP contribution in [0.25, 0.3) is 0 Å². The van der Waals surface area contributed by atoms with Gasteiger partial charge in [0.1, 0.15) is 20.2 Å². The molecule has 2 rings (SSSR count). The van der Waals surface area contributed by atoms with E-state index >= 15 is 0 Å². The monoisotopic (exact) mass is 558 g/mol. The van der Waals surface area contributed by atoms with Crippen molar-refractivity contribution >= 4 is 31.6 Å². The molecule has 0 fully saturated rings. The van der Waals surface area contributed by atoms with Gasteiger partial charge < -0.3 is 42.0 Å². The van der Waals surface area contributed by atoms with Crippen molar-refractivity contribution in [1.29, 1.82) is 0 Å². The fraction of sp³-hybridized carbons (Fsp3) is 0. The number of non-ortho nitro benzene ring substituents is 2. The van der Waals surface area contributed by atoms with Crippen molar-refractivity contribution in [3.8, 4) is 0 Å². The Kier molecular flexibility index (Phi) is 35.4. The van der Waals surface area contributed by atoms with Gasteiger partial charge in [0, 0.05) is 24.3 Å². The summed E-state index contributed by atoms with van der Waals surface area (Å²) in [4.78, 5) is 18.0. The molecule has 0 radical (unpaired) electrons. The zero-order valence-electron chi connectivity index (χ0n) is 17.4. The second kappa shape index (κ2) is 22.3. The van der Waals surface area contributed by atoms with Crippen LogP contribution in [0.4, 0.5) is 11.4 Å². The van der Waals surface area contributed by atoms with Crippen LogP contribution in [0.5, 0.6) is 0 Å². The molecular weight excluding hydrogens is 538 g/mol. The summed E-state index contributed by atoms with van der Waals surface area (Å²) in [6.45, 7) is 0. The fourth-order valence-corrected chi connectivity index (χ4v) is 2.41. The molecule has 34 heavy (non-hydrogen) atoms. The molecule has 0 aromatic heterocycles. The molecule has 0 saturated heterocycles. The Morgan fingerprint density at radius 1 is 0.500 bits per heavy atom. The van der Waals surface area contributed by atoms with Gasteiger partial charge in [-0.2, -0.15) is 0 Å². The Morgan fingerprint density at radius 2 is 0.676 bits per heavy atom. The van der Waals surface area contributed by atoms with E-state index < -0.39 is 39.9 Å². The van der Waals surface area contributed by atoms with Crippen LogP contribution in [-0.4, -0.2) is 68.6 Å². The first kappa shape index (κ1) is 53.9. The van der Waals surface area contributed by atoms with E-state index in [0.29, 0.717) is 0 Å². The average molecular weight is 558 g/mol. The molecule has 0 heterocycles. The molecular formula is C12H20N2Na2O16S2. The van der Waals surface area contributed by atoms with Crippen molar-refractivity contribution in [2.75, 3.05) is 0 Å². The minimum Gasteiger partial charge on any atom is -0.744 e. The number of hydrogen-bond donors (Lipinski definition) is 0. The summed E-state index contributed by atoms with van der Waals surface area (Å²) in [6.07, 6.45) is 0. The largest absolute Gasteiger partial charge is 1.00 e. The van der Waals surface area contributed by atoms with Gasteiger partial charge in [0.2, 0.25) is 0 Å². The summed E-state index contributed by atoms with van der Waals surface area (Å²) in [7, 11) is -9.04. The zero-order valence-corrected chi connectivity index (χ0v) is 23.0. The third-order valence-electron chi connectivity index (χ3n) is 2.67. The van der Waals surface area contributed by atoms with E-state index in [2.05, 4.69) is 0 Å². The number of nitrogens with zero attached hydrogens (tertiary/aromatic N) is 2. The predicted octanol–water partition coefficient (Wildman–Crippen LogP) is -9.94. The summed E-state index contributed by atoms with van der Waals surface area (Å²) in [5, 5.41) is 20.3. The molecule has 0 amide bonds. The van der Waals surface area contributed by atoms with Crippen LogP contribution in [-0.2, 0) is 20.2 Å². The van der Waals surface area contributed by atoms with E-state index in [1.807, 2.05) is 0 Å². The van der Waals surface area contributed by atoms with Gasteiger partial charge in [-0.15, -0.1) is 0 Å². The molecule has 188 valence electrons. The van der Waals surface area contributed by atoms with Gasteiger partial charge in [-0.25, -0.2) is 16.8 Å². The normalized spacial score (nSPS) is 8.53. The molecule has 2 aromatic carbocycles. The summed E-state index contributed by atoms with van der Waals surface area (Å²) < 4.78 is 62.3. The van der Waals surface area contributed by atoms with Crippen molar-refractivity contribution < 1.29 is 128 Å². The van der Waals surface area contributed by atoms with Crippen LogP contribution < -0.4 is 59.1 Å². The van der Waals surface area contributed by atoms with Crippen molar-refractivity contribution in [3.05, 3.63) is 68.8 Å². The van der Waals surface area contributed by atoms with Gasteiger partial charge in [-0.05, 0) is 24.3 Å². The Labute approximate surface area is 236 Å². The smallest absolute Gasteiger partial charge is 0.744 e. The van der Waals surface area contributed by atoms with Gasteiger partial charge in [0.25, 0.3) is 11.4 Å². The number of benzene rings is 2. The topological polar surface area (TPSA) is 390 Å². The SMILES string of the molecule is O.O.O.O.O.O.O=[N+]([O-])c1ccc(S(=O)(=O)[O-])cc1.O=[N+]([O-])c1ccc(S(=O)(=O)[O-])cc1.[Na+].[Na+]. The third-order valence-corrected chi connectivity index (χ3v) is 4.37. The Hall–Kier alpha value is -1.18. The number of nitro groups is 2. The minimum atomic E-state index is -4.52. The number of rotatable bonds is 4. The maximum Gasteiger partial charge on any atom is 1.00 e. The summed E-state index contributed by atoms with van der Waals surface area (Å²) >= 11 is 0. The van der Waals surface area contributed by atoms with E-state index in [1.54, 1.807) is 0 Å². The van der Waals surface area contributed by atoms with Crippen LogP contribution in [0.3, 0.4) is 0 Å². The summed E-state index contributed by atoms with van der Waals surface area (Å²) in [5.41, 5.74) is -0.514. The fourth-order valence-electron chi connectivity index (χ4n) is 1.47. The maximum atomic E-state index is 10.4. The number of nitro benzene ring substituents is 2. The molecule has 12 N–H and O–H groups in total. The molecule has 0 aliphatic carbocycles. The maximum absolute atomic E-state index is 10.4. The quantitative estimate of drug-likeness (QED) is 0.147. The van der Waals surface area contributed by atoms with Gasteiger partial charge in [-0.1, -0.05) is 0 Å². The summed E-state index contributed by atoms with van der Waals surface area (Å²) in [5.74, 6) is 0. The molecule has 0 bridgehead atoms. The molecule has 22 heteroatoms. The van der Waals surface area contributed by atoms with Crippen LogP contribution in [0, 0.1) is 20.2 Å². The Balaban J connectivity index is -0.0000000537. The van der Waals surface area contributed by atoms with Crippen LogP contribution in [0.15, 0.2) is 58.3 Å². The van der Waals surface area contributed by atoms with Crippen molar-refractivity contribution in [1.82, 2.24) is 0 Å². The Morgan fingerprint density at radius 3 is 0.794 bits per heavy atom.